The minimum Gasteiger partial charge on any atom is -0.364 e. The third kappa shape index (κ3) is 3.79. The van der Waals surface area contributed by atoms with E-state index in [1.807, 2.05) is 35.5 Å². The molecule has 1 amide bonds. The fraction of sp³-hybridized carbons (Fsp3) is 0.346. The maximum Gasteiger partial charge on any atom is 0.225 e. The van der Waals surface area contributed by atoms with Crippen molar-refractivity contribution in [1.29, 1.82) is 0 Å². The van der Waals surface area contributed by atoms with Gasteiger partial charge in [0.2, 0.25) is 5.91 Å². The van der Waals surface area contributed by atoms with Gasteiger partial charge in [-0.15, -0.1) is 0 Å². The topological polar surface area (TPSA) is 88.8 Å². The van der Waals surface area contributed by atoms with Gasteiger partial charge in [-0.1, -0.05) is 30.3 Å². The second-order valence-electron chi connectivity index (χ2n) is 9.09. The average Bonchev–Trinajstić information content (AvgIpc) is 3.51. The van der Waals surface area contributed by atoms with Crippen molar-refractivity contribution >= 4 is 22.9 Å². The van der Waals surface area contributed by atoms with Gasteiger partial charge in [0, 0.05) is 55.1 Å². The number of amides is 1. The molecule has 1 aliphatic heterocycles. The van der Waals surface area contributed by atoms with E-state index in [0.29, 0.717) is 12.5 Å². The SMILES string of the molecule is CCn1c(-c2cncc(-c3ccccc3)c2)nc2c(N[C@H]3CCN(C(=O)C4CC4)C3)ncnc21. The largest absolute Gasteiger partial charge is 0.364 e. The fourth-order valence-electron chi connectivity index (χ4n) is 4.77. The molecule has 0 unspecified atom stereocenters. The molecule has 0 radical (unpaired) electrons. The minimum atomic E-state index is 0.166. The Kier molecular flexibility index (Phi) is 5.20. The Morgan fingerprint density at radius 3 is 2.68 bits per heavy atom. The van der Waals surface area contributed by atoms with Gasteiger partial charge in [0.15, 0.2) is 17.0 Å². The third-order valence-electron chi connectivity index (χ3n) is 6.72. The molecule has 1 saturated carbocycles. The van der Waals surface area contributed by atoms with Crippen LogP contribution < -0.4 is 5.32 Å². The van der Waals surface area contributed by atoms with Crippen LogP contribution in [0.1, 0.15) is 26.2 Å². The Morgan fingerprint density at radius 1 is 1.06 bits per heavy atom. The van der Waals surface area contributed by atoms with E-state index in [2.05, 4.69) is 50.0 Å². The van der Waals surface area contributed by atoms with Crippen LogP contribution in [-0.2, 0) is 11.3 Å². The van der Waals surface area contributed by atoms with Crippen LogP contribution in [0.15, 0.2) is 55.1 Å². The van der Waals surface area contributed by atoms with Crippen LogP contribution in [0.2, 0.25) is 0 Å². The highest BCUT2D eigenvalue weighted by atomic mass is 16.2. The van der Waals surface area contributed by atoms with Gasteiger partial charge >= 0.3 is 0 Å². The number of pyridine rings is 1. The Bertz CT molecular complexity index is 1350. The fourth-order valence-corrected chi connectivity index (χ4v) is 4.77. The summed E-state index contributed by atoms with van der Waals surface area (Å²) in [4.78, 5) is 33.0. The zero-order chi connectivity index (χ0) is 23.1. The number of carbonyl (C=O) groups excluding carboxylic acids is 1. The predicted molar refractivity (Wildman–Crippen MR) is 131 cm³/mol. The van der Waals surface area contributed by atoms with Crippen molar-refractivity contribution in [3.63, 3.8) is 0 Å². The highest BCUT2D eigenvalue weighted by Gasteiger charge is 2.36. The number of imidazole rings is 1. The van der Waals surface area contributed by atoms with Crippen LogP contribution >= 0.6 is 0 Å². The molecule has 1 aliphatic carbocycles. The first-order valence-corrected chi connectivity index (χ1v) is 12.0. The molecule has 2 fully saturated rings. The van der Waals surface area contributed by atoms with E-state index < -0.39 is 0 Å². The van der Waals surface area contributed by atoms with Gasteiger partial charge in [-0.2, -0.15) is 0 Å². The molecule has 8 heteroatoms. The van der Waals surface area contributed by atoms with E-state index in [0.717, 1.165) is 71.8 Å². The van der Waals surface area contributed by atoms with Gasteiger partial charge in [0.1, 0.15) is 12.2 Å². The average molecular weight is 454 g/mol. The summed E-state index contributed by atoms with van der Waals surface area (Å²) in [6, 6.07) is 12.5. The molecule has 34 heavy (non-hydrogen) atoms. The van der Waals surface area contributed by atoms with Gasteiger partial charge in [0.25, 0.3) is 0 Å². The number of likely N-dealkylation sites (tertiary alicyclic amines) is 1. The molecular weight excluding hydrogens is 426 g/mol. The first-order chi connectivity index (χ1) is 16.7. The Morgan fingerprint density at radius 2 is 1.88 bits per heavy atom. The Balaban J connectivity index is 1.32. The number of carbonyl (C=O) groups is 1. The van der Waals surface area contributed by atoms with Crippen LogP contribution in [0.5, 0.6) is 0 Å². The number of anilines is 1. The molecule has 1 N–H and O–H groups in total. The number of hydrogen-bond donors (Lipinski definition) is 1. The summed E-state index contributed by atoms with van der Waals surface area (Å²) in [6.07, 6.45) is 8.30. The Hall–Kier alpha value is -3.81. The summed E-state index contributed by atoms with van der Waals surface area (Å²) in [7, 11) is 0. The van der Waals surface area contributed by atoms with E-state index >= 15 is 0 Å². The van der Waals surface area contributed by atoms with Crippen molar-refractivity contribution < 1.29 is 4.79 Å². The lowest BCUT2D eigenvalue weighted by Crippen LogP contribution is -2.32. The second kappa shape index (κ2) is 8.52. The standard InChI is InChI=1S/C26H27N7O/c1-2-33-24(20-12-19(13-27-14-20)17-6-4-3-5-7-17)31-22-23(28-16-29-25(22)33)30-21-10-11-32(15-21)26(34)18-8-9-18/h3-7,12-14,16,18,21H,2,8-11,15H2,1H3,(H,28,29,30)/t21-/m0/s1. The van der Waals surface area contributed by atoms with E-state index in [1.165, 1.54) is 0 Å². The van der Waals surface area contributed by atoms with E-state index in [4.69, 9.17) is 4.98 Å². The Labute approximate surface area is 198 Å². The van der Waals surface area contributed by atoms with E-state index in [1.54, 1.807) is 6.33 Å². The predicted octanol–water partition coefficient (Wildman–Crippen LogP) is 4.00. The van der Waals surface area contributed by atoms with Gasteiger partial charge in [-0.05, 0) is 37.8 Å². The highest BCUT2D eigenvalue weighted by Crippen LogP contribution is 2.33. The van der Waals surface area contributed by atoms with Gasteiger partial charge in [-0.25, -0.2) is 15.0 Å². The summed E-state index contributed by atoms with van der Waals surface area (Å²) < 4.78 is 2.10. The van der Waals surface area contributed by atoms with Crippen molar-refractivity contribution in [1.82, 2.24) is 29.4 Å². The molecule has 0 spiro atoms. The summed E-state index contributed by atoms with van der Waals surface area (Å²) in [5, 5.41) is 3.54. The zero-order valence-corrected chi connectivity index (χ0v) is 19.2. The lowest BCUT2D eigenvalue weighted by molar-refractivity contribution is -0.131. The molecule has 4 heterocycles. The number of aromatic nitrogens is 5. The number of nitrogens with zero attached hydrogens (tertiary/aromatic N) is 6. The second-order valence-corrected chi connectivity index (χ2v) is 9.09. The van der Waals surface area contributed by atoms with Gasteiger partial charge in [0.05, 0.1) is 0 Å². The molecule has 2 aliphatic rings. The maximum absolute atomic E-state index is 12.4. The molecule has 172 valence electrons. The smallest absolute Gasteiger partial charge is 0.225 e. The summed E-state index contributed by atoms with van der Waals surface area (Å²) >= 11 is 0. The van der Waals surface area contributed by atoms with Crippen LogP contribution in [0.4, 0.5) is 5.82 Å². The summed E-state index contributed by atoms with van der Waals surface area (Å²) in [5.74, 6) is 2.10. The molecular formula is C26H27N7O. The summed E-state index contributed by atoms with van der Waals surface area (Å²) in [5.41, 5.74) is 4.64. The molecule has 1 atom stereocenters. The molecule has 1 saturated heterocycles. The number of nitrogens with one attached hydrogen (secondary N) is 1. The third-order valence-corrected chi connectivity index (χ3v) is 6.72. The molecule has 0 bridgehead atoms. The monoisotopic (exact) mass is 453 g/mol. The van der Waals surface area contributed by atoms with Gasteiger partial charge < -0.3 is 14.8 Å². The number of benzene rings is 1. The van der Waals surface area contributed by atoms with Crippen molar-refractivity contribution in [2.45, 2.75) is 38.8 Å². The number of fused-ring (bicyclic) bond motifs is 1. The number of hydrogen-bond acceptors (Lipinski definition) is 6. The van der Waals surface area contributed by atoms with Crippen molar-refractivity contribution in [3.8, 4) is 22.5 Å². The first kappa shape index (κ1) is 20.8. The van der Waals surface area contributed by atoms with Gasteiger partial charge in [-0.3, -0.25) is 9.78 Å². The first-order valence-electron chi connectivity index (χ1n) is 12.0. The van der Waals surface area contributed by atoms with Crippen molar-refractivity contribution in [3.05, 3.63) is 55.1 Å². The lowest BCUT2D eigenvalue weighted by Gasteiger charge is -2.17. The van der Waals surface area contributed by atoms with E-state index in [9.17, 15) is 4.79 Å². The normalized spacial score (nSPS) is 17.9. The lowest BCUT2D eigenvalue weighted by atomic mass is 10.1. The van der Waals surface area contributed by atoms with E-state index in [-0.39, 0.29) is 12.0 Å². The van der Waals surface area contributed by atoms with Crippen LogP contribution in [0.25, 0.3) is 33.7 Å². The number of rotatable bonds is 6. The maximum atomic E-state index is 12.4. The molecule has 1 aromatic carbocycles. The van der Waals surface area contributed by atoms with Crippen LogP contribution in [0, 0.1) is 5.92 Å². The zero-order valence-electron chi connectivity index (χ0n) is 19.2. The highest BCUT2D eigenvalue weighted by molar-refractivity contribution is 5.87. The quantitative estimate of drug-likeness (QED) is 0.475. The van der Waals surface area contributed by atoms with Crippen molar-refractivity contribution in [2.75, 3.05) is 18.4 Å². The van der Waals surface area contributed by atoms with Crippen LogP contribution in [-0.4, -0.2) is 54.4 Å². The molecule has 4 aromatic rings. The molecule has 8 nitrogen and oxygen atoms in total. The molecule has 3 aromatic heterocycles. The van der Waals surface area contributed by atoms with Crippen molar-refractivity contribution in [2.24, 2.45) is 5.92 Å². The summed E-state index contributed by atoms with van der Waals surface area (Å²) in [6.45, 7) is 4.33. The van der Waals surface area contributed by atoms with Crippen LogP contribution in [0.3, 0.4) is 0 Å². The number of aryl methyl sites for hydroxylation is 1. The minimum absolute atomic E-state index is 0.166. The molecule has 6 rings (SSSR count).